The van der Waals surface area contributed by atoms with Crippen LogP contribution in [-0.4, -0.2) is 61.4 Å². The Hall–Kier alpha value is -3.26. The van der Waals surface area contributed by atoms with Crippen LogP contribution in [-0.2, 0) is 10.3 Å². The molecule has 3 aliphatic rings. The van der Waals surface area contributed by atoms with E-state index >= 15 is 0 Å². The van der Waals surface area contributed by atoms with Crippen LogP contribution in [0.25, 0.3) is 0 Å². The van der Waals surface area contributed by atoms with Gasteiger partial charge in [0.25, 0.3) is 5.91 Å². The van der Waals surface area contributed by atoms with Gasteiger partial charge in [0.2, 0.25) is 6.79 Å². The fourth-order valence-corrected chi connectivity index (χ4v) is 4.21. The highest BCUT2D eigenvalue weighted by atomic mass is 16.7. The molecule has 3 heterocycles. The summed E-state index contributed by atoms with van der Waals surface area (Å²) in [7, 11) is 0. The molecule has 2 aromatic carbocycles. The van der Waals surface area contributed by atoms with Gasteiger partial charge in [0.05, 0.1) is 6.67 Å². The summed E-state index contributed by atoms with van der Waals surface area (Å²) in [5.74, 6) is 0.982. The fourth-order valence-electron chi connectivity index (χ4n) is 4.21. The van der Waals surface area contributed by atoms with Crippen LogP contribution in [0.4, 0.5) is 10.5 Å². The molecule has 1 N–H and O–H groups in total. The number of para-hydroxylation sites is 1. The predicted molar refractivity (Wildman–Crippen MR) is 110 cm³/mol. The number of anilines is 1. The monoisotopic (exact) mass is 408 g/mol. The molecule has 2 aromatic rings. The van der Waals surface area contributed by atoms with E-state index in [1.165, 1.54) is 10.6 Å². The number of ether oxygens (including phenoxy) is 2. The number of benzene rings is 2. The number of piperazine rings is 1. The molecule has 0 saturated carbocycles. The quantitative estimate of drug-likeness (QED) is 0.780. The maximum atomic E-state index is 13.2. The SMILES string of the molecule is C[C@]1(c2ccc3c(c2)OCO3)NC(=O)N(CN2CCN(c3ccccc3)CC2)C1=O. The number of nitrogens with one attached hydrogen (secondary N) is 1. The number of hydrogen-bond donors (Lipinski definition) is 1. The second kappa shape index (κ2) is 7.21. The summed E-state index contributed by atoms with van der Waals surface area (Å²) in [6.45, 7) is 5.46. The molecule has 156 valence electrons. The third-order valence-electron chi connectivity index (χ3n) is 6.06. The fraction of sp³-hybridized carbons (Fsp3) is 0.364. The molecule has 1 atom stereocenters. The summed E-state index contributed by atoms with van der Waals surface area (Å²) in [5, 5.41) is 2.87. The molecule has 0 spiro atoms. The standard InChI is InChI=1S/C22H24N4O4/c1-22(16-7-8-18-19(13-16)30-15-29-18)20(27)26(21(28)23-22)14-24-9-11-25(12-10-24)17-5-3-2-4-6-17/h2-8,13H,9-12,14-15H2,1H3,(H,23,28)/t22-/m1/s1. The van der Waals surface area contributed by atoms with Crippen LogP contribution < -0.4 is 19.7 Å². The number of hydrogen-bond acceptors (Lipinski definition) is 6. The third-order valence-corrected chi connectivity index (χ3v) is 6.06. The van der Waals surface area contributed by atoms with E-state index in [1.807, 2.05) is 18.2 Å². The average molecular weight is 408 g/mol. The highest BCUT2D eigenvalue weighted by molar-refractivity contribution is 6.07. The number of nitrogens with zero attached hydrogens (tertiary/aromatic N) is 3. The van der Waals surface area contributed by atoms with Gasteiger partial charge in [-0.25, -0.2) is 9.69 Å². The minimum absolute atomic E-state index is 0.164. The molecule has 0 aromatic heterocycles. The number of carbonyl (C=O) groups excluding carboxylic acids is 2. The largest absolute Gasteiger partial charge is 0.454 e. The maximum Gasteiger partial charge on any atom is 0.326 e. The van der Waals surface area contributed by atoms with Crippen molar-refractivity contribution in [3.8, 4) is 11.5 Å². The summed E-state index contributed by atoms with van der Waals surface area (Å²) < 4.78 is 10.8. The smallest absolute Gasteiger partial charge is 0.326 e. The lowest BCUT2D eigenvalue weighted by Crippen LogP contribution is -2.51. The second-order valence-electron chi connectivity index (χ2n) is 7.94. The summed E-state index contributed by atoms with van der Waals surface area (Å²) in [5.41, 5.74) is 0.758. The highest BCUT2D eigenvalue weighted by Gasteiger charge is 2.49. The van der Waals surface area contributed by atoms with Gasteiger partial charge >= 0.3 is 6.03 Å². The van der Waals surface area contributed by atoms with Gasteiger partial charge in [-0.2, -0.15) is 0 Å². The molecule has 2 saturated heterocycles. The van der Waals surface area contributed by atoms with Crippen molar-refractivity contribution in [1.29, 1.82) is 0 Å². The van der Waals surface area contributed by atoms with Gasteiger partial charge in [0.1, 0.15) is 5.54 Å². The summed E-state index contributed by atoms with van der Waals surface area (Å²) in [6.07, 6.45) is 0. The van der Waals surface area contributed by atoms with Gasteiger partial charge in [-0.1, -0.05) is 24.3 Å². The Kier molecular flexibility index (Phi) is 4.51. The van der Waals surface area contributed by atoms with E-state index in [0.717, 1.165) is 26.2 Å². The molecule has 3 aliphatic heterocycles. The number of urea groups is 1. The molecule has 0 radical (unpaired) electrons. The number of amides is 3. The van der Waals surface area contributed by atoms with Crippen LogP contribution >= 0.6 is 0 Å². The second-order valence-corrected chi connectivity index (χ2v) is 7.94. The summed E-state index contributed by atoms with van der Waals surface area (Å²) in [6, 6.07) is 15.2. The average Bonchev–Trinajstić information content (AvgIpc) is 3.33. The van der Waals surface area contributed by atoms with E-state index in [4.69, 9.17) is 9.47 Å². The Labute approximate surface area is 174 Å². The van der Waals surface area contributed by atoms with Gasteiger partial charge in [-0.05, 0) is 36.8 Å². The molecule has 8 nitrogen and oxygen atoms in total. The lowest BCUT2D eigenvalue weighted by molar-refractivity contribution is -0.132. The first-order chi connectivity index (χ1) is 14.5. The van der Waals surface area contributed by atoms with Crippen molar-refractivity contribution in [2.45, 2.75) is 12.5 Å². The van der Waals surface area contributed by atoms with Crippen molar-refractivity contribution in [2.75, 3.05) is 44.5 Å². The van der Waals surface area contributed by atoms with E-state index in [2.05, 4.69) is 27.2 Å². The number of rotatable bonds is 4. The summed E-state index contributed by atoms with van der Waals surface area (Å²) in [4.78, 5) is 31.7. The van der Waals surface area contributed by atoms with Crippen LogP contribution in [0.15, 0.2) is 48.5 Å². The van der Waals surface area contributed by atoms with Crippen molar-refractivity contribution in [3.05, 3.63) is 54.1 Å². The van der Waals surface area contributed by atoms with Gasteiger partial charge in [-0.3, -0.25) is 9.69 Å². The van der Waals surface area contributed by atoms with Crippen molar-refractivity contribution < 1.29 is 19.1 Å². The molecule has 0 unspecified atom stereocenters. The molecule has 30 heavy (non-hydrogen) atoms. The first-order valence-corrected chi connectivity index (χ1v) is 10.1. The van der Waals surface area contributed by atoms with E-state index < -0.39 is 5.54 Å². The number of carbonyl (C=O) groups is 2. The molecule has 8 heteroatoms. The number of fused-ring (bicyclic) bond motifs is 1. The van der Waals surface area contributed by atoms with Crippen LogP contribution in [0, 0.1) is 0 Å². The predicted octanol–water partition coefficient (Wildman–Crippen LogP) is 1.96. The molecule has 5 rings (SSSR count). The van der Waals surface area contributed by atoms with Crippen molar-refractivity contribution >= 4 is 17.6 Å². The van der Waals surface area contributed by atoms with Gasteiger partial charge in [-0.15, -0.1) is 0 Å². The Balaban J connectivity index is 1.26. The zero-order chi connectivity index (χ0) is 20.7. The third kappa shape index (κ3) is 3.13. The molecule has 3 amide bonds. The zero-order valence-corrected chi connectivity index (χ0v) is 16.8. The minimum Gasteiger partial charge on any atom is -0.454 e. The van der Waals surface area contributed by atoms with Gasteiger partial charge in [0.15, 0.2) is 11.5 Å². The van der Waals surface area contributed by atoms with Crippen LogP contribution in [0.3, 0.4) is 0 Å². The van der Waals surface area contributed by atoms with E-state index in [1.54, 1.807) is 25.1 Å². The van der Waals surface area contributed by atoms with E-state index in [9.17, 15) is 9.59 Å². The van der Waals surface area contributed by atoms with Gasteiger partial charge < -0.3 is 19.7 Å². The first kappa shape index (κ1) is 18.7. The number of imide groups is 1. The topological polar surface area (TPSA) is 74.4 Å². The van der Waals surface area contributed by atoms with Crippen molar-refractivity contribution in [2.24, 2.45) is 0 Å². The zero-order valence-electron chi connectivity index (χ0n) is 16.8. The first-order valence-electron chi connectivity index (χ1n) is 10.1. The maximum absolute atomic E-state index is 13.2. The van der Waals surface area contributed by atoms with Crippen LogP contribution in [0.1, 0.15) is 12.5 Å². The molecular weight excluding hydrogens is 384 g/mol. The highest BCUT2D eigenvalue weighted by Crippen LogP contribution is 2.37. The van der Waals surface area contributed by atoms with Crippen molar-refractivity contribution in [1.82, 2.24) is 15.1 Å². The molecular formula is C22H24N4O4. The Morgan fingerprint density at radius 1 is 0.967 bits per heavy atom. The lowest BCUT2D eigenvalue weighted by atomic mass is 9.92. The van der Waals surface area contributed by atoms with Crippen LogP contribution in [0.5, 0.6) is 11.5 Å². The Morgan fingerprint density at radius 2 is 1.70 bits per heavy atom. The van der Waals surface area contributed by atoms with Gasteiger partial charge in [0, 0.05) is 31.9 Å². The molecule has 2 fully saturated rings. The normalized spacial score (nSPS) is 23.8. The molecule has 0 bridgehead atoms. The van der Waals surface area contributed by atoms with E-state index in [-0.39, 0.29) is 25.4 Å². The lowest BCUT2D eigenvalue weighted by Gasteiger charge is -2.37. The van der Waals surface area contributed by atoms with E-state index in [0.29, 0.717) is 17.1 Å². The Bertz CT molecular complexity index is 974. The van der Waals surface area contributed by atoms with Crippen LogP contribution in [0.2, 0.25) is 0 Å². The minimum atomic E-state index is -1.12. The molecule has 0 aliphatic carbocycles. The Morgan fingerprint density at radius 3 is 2.47 bits per heavy atom. The summed E-state index contributed by atoms with van der Waals surface area (Å²) >= 11 is 0. The van der Waals surface area contributed by atoms with Crippen molar-refractivity contribution in [3.63, 3.8) is 0 Å².